The lowest BCUT2D eigenvalue weighted by molar-refractivity contribution is 0.0944. The first kappa shape index (κ1) is 22.1. The number of nitrogens with zero attached hydrogens (tertiary/aromatic N) is 2. The lowest BCUT2D eigenvalue weighted by atomic mass is 9.98. The van der Waals surface area contributed by atoms with Crippen LogP contribution in [0.1, 0.15) is 23.2 Å². The number of pyridine rings is 1. The number of rotatable bonds is 4. The summed E-state index contributed by atoms with van der Waals surface area (Å²) in [4.78, 5) is 17.0. The standard InChI is InChI=1S/C20H21FN4O.2ClH/c21-17-4-1-15(2-5-17)18-13-25-12-16(3-6-19(25)24-18)20(26)23-11-14-7-9-22-10-8-14;;/h1-6,12-14,22H,7-11H2,(H,23,26);2*1H. The van der Waals surface area contributed by atoms with Crippen molar-refractivity contribution >= 4 is 36.4 Å². The van der Waals surface area contributed by atoms with E-state index in [-0.39, 0.29) is 36.5 Å². The largest absolute Gasteiger partial charge is 0.352 e. The Morgan fingerprint density at radius 1 is 1.11 bits per heavy atom. The summed E-state index contributed by atoms with van der Waals surface area (Å²) < 4.78 is 14.9. The van der Waals surface area contributed by atoms with Gasteiger partial charge in [-0.05, 0) is 68.2 Å². The summed E-state index contributed by atoms with van der Waals surface area (Å²) in [5, 5.41) is 6.37. The summed E-state index contributed by atoms with van der Waals surface area (Å²) in [7, 11) is 0. The average molecular weight is 425 g/mol. The van der Waals surface area contributed by atoms with Crippen LogP contribution in [0.25, 0.3) is 16.9 Å². The molecule has 1 aliphatic heterocycles. The van der Waals surface area contributed by atoms with Crippen molar-refractivity contribution in [3.05, 3.63) is 60.2 Å². The number of halogens is 3. The zero-order valence-electron chi connectivity index (χ0n) is 15.2. The first-order valence-corrected chi connectivity index (χ1v) is 8.93. The van der Waals surface area contributed by atoms with Gasteiger partial charge in [-0.25, -0.2) is 9.37 Å². The lowest BCUT2D eigenvalue weighted by Gasteiger charge is -2.22. The quantitative estimate of drug-likeness (QED) is 0.670. The molecule has 0 atom stereocenters. The highest BCUT2D eigenvalue weighted by Gasteiger charge is 2.15. The monoisotopic (exact) mass is 424 g/mol. The van der Waals surface area contributed by atoms with Crippen LogP contribution in [0.2, 0.25) is 0 Å². The molecule has 1 amide bonds. The van der Waals surface area contributed by atoms with Crippen LogP contribution < -0.4 is 10.6 Å². The Morgan fingerprint density at radius 3 is 2.54 bits per heavy atom. The minimum Gasteiger partial charge on any atom is -0.352 e. The molecule has 1 aliphatic rings. The van der Waals surface area contributed by atoms with Gasteiger partial charge in [0.1, 0.15) is 11.5 Å². The number of aromatic nitrogens is 2. The summed E-state index contributed by atoms with van der Waals surface area (Å²) in [5.74, 6) is 0.204. The highest BCUT2D eigenvalue weighted by molar-refractivity contribution is 5.94. The highest BCUT2D eigenvalue weighted by atomic mass is 35.5. The molecular weight excluding hydrogens is 402 g/mol. The molecule has 150 valence electrons. The first-order valence-electron chi connectivity index (χ1n) is 8.93. The average Bonchev–Trinajstić information content (AvgIpc) is 3.10. The SMILES string of the molecule is Cl.Cl.O=C(NCC1CCNCC1)c1ccc2nc(-c3ccc(F)cc3)cn2c1. The van der Waals surface area contributed by atoms with Gasteiger partial charge in [0.2, 0.25) is 0 Å². The first-order chi connectivity index (χ1) is 12.7. The second-order valence-electron chi connectivity index (χ2n) is 6.72. The topological polar surface area (TPSA) is 58.4 Å². The molecule has 8 heteroatoms. The molecule has 3 heterocycles. The summed E-state index contributed by atoms with van der Waals surface area (Å²) in [5.41, 5.74) is 2.94. The Bertz CT molecular complexity index is 924. The molecule has 2 N–H and O–H groups in total. The second-order valence-corrected chi connectivity index (χ2v) is 6.72. The van der Waals surface area contributed by atoms with Crippen LogP contribution in [0.4, 0.5) is 4.39 Å². The van der Waals surface area contributed by atoms with E-state index in [1.165, 1.54) is 12.1 Å². The molecule has 28 heavy (non-hydrogen) atoms. The van der Waals surface area contributed by atoms with Crippen LogP contribution >= 0.6 is 24.8 Å². The van der Waals surface area contributed by atoms with Crippen LogP contribution in [-0.2, 0) is 0 Å². The van der Waals surface area contributed by atoms with Gasteiger partial charge < -0.3 is 15.0 Å². The molecule has 0 spiro atoms. The van der Waals surface area contributed by atoms with Crippen molar-refractivity contribution in [2.75, 3.05) is 19.6 Å². The number of amides is 1. The van der Waals surface area contributed by atoms with Crippen LogP contribution in [0, 0.1) is 11.7 Å². The van der Waals surface area contributed by atoms with Crippen molar-refractivity contribution in [3.63, 3.8) is 0 Å². The number of hydrogen-bond donors (Lipinski definition) is 2. The number of nitrogens with one attached hydrogen (secondary N) is 2. The maximum absolute atomic E-state index is 13.1. The third-order valence-corrected chi connectivity index (χ3v) is 4.86. The van der Waals surface area contributed by atoms with E-state index in [0.717, 1.165) is 42.8 Å². The Labute approximate surface area is 175 Å². The molecule has 1 saturated heterocycles. The Balaban J connectivity index is 0.00000140. The Kier molecular flexibility index (Phi) is 7.80. The fourth-order valence-electron chi connectivity index (χ4n) is 3.31. The molecule has 2 aromatic heterocycles. The number of hydrogen-bond acceptors (Lipinski definition) is 3. The highest BCUT2D eigenvalue weighted by Crippen LogP contribution is 2.20. The van der Waals surface area contributed by atoms with E-state index in [0.29, 0.717) is 18.0 Å². The number of piperidine rings is 1. The Morgan fingerprint density at radius 2 is 1.82 bits per heavy atom. The zero-order chi connectivity index (χ0) is 17.9. The fraction of sp³-hybridized carbons (Fsp3) is 0.300. The molecule has 0 radical (unpaired) electrons. The Hall–Kier alpha value is -2.15. The third-order valence-electron chi connectivity index (χ3n) is 4.86. The van der Waals surface area contributed by atoms with Crippen molar-refractivity contribution < 1.29 is 9.18 Å². The van der Waals surface area contributed by atoms with Gasteiger partial charge in [0.25, 0.3) is 5.91 Å². The van der Waals surface area contributed by atoms with E-state index < -0.39 is 0 Å². The minimum absolute atomic E-state index is 0. The van der Waals surface area contributed by atoms with Gasteiger partial charge in [0, 0.05) is 24.5 Å². The van der Waals surface area contributed by atoms with E-state index in [1.54, 1.807) is 24.4 Å². The van der Waals surface area contributed by atoms with E-state index >= 15 is 0 Å². The minimum atomic E-state index is -0.273. The predicted molar refractivity (Wildman–Crippen MR) is 113 cm³/mol. The third kappa shape index (κ3) is 5.01. The fourth-order valence-corrected chi connectivity index (χ4v) is 3.31. The number of fused-ring (bicyclic) bond motifs is 1. The molecular formula is C20H23Cl2FN4O. The molecule has 4 rings (SSSR count). The number of carbonyl (C=O) groups is 1. The molecule has 1 aromatic carbocycles. The molecule has 0 aliphatic carbocycles. The lowest BCUT2D eigenvalue weighted by Crippen LogP contribution is -2.36. The van der Waals surface area contributed by atoms with Gasteiger partial charge in [-0.2, -0.15) is 0 Å². The number of imidazole rings is 1. The van der Waals surface area contributed by atoms with Crippen LogP contribution in [0.5, 0.6) is 0 Å². The molecule has 3 aromatic rings. The maximum Gasteiger partial charge on any atom is 0.252 e. The van der Waals surface area contributed by atoms with Crippen LogP contribution in [0.15, 0.2) is 48.8 Å². The van der Waals surface area contributed by atoms with E-state index in [1.807, 2.05) is 16.7 Å². The van der Waals surface area contributed by atoms with E-state index in [9.17, 15) is 9.18 Å². The molecule has 5 nitrogen and oxygen atoms in total. The zero-order valence-corrected chi connectivity index (χ0v) is 16.9. The number of benzene rings is 1. The van der Waals surface area contributed by atoms with Crippen molar-refractivity contribution in [2.24, 2.45) is 5.92 Å². The van der Waals surface area contributed by atoms with Gasteiger partial charge >= 0.3 is 0 Å². The smallest absolute Gasteiger partial charge is 0.252 e. The molecule has 0 bridgehead atoms. The van der Waals surface area contributed by atoms with Crippen molar-refractivity contribution in [2.45, 2.75) is 12.8 Å². The summed E-state index contributed by atoms with van der Waals surface area (Å²) in [6.07, 6.45) is 5.84. The van der Waals surface area contributed by atoms with Gasteiger partial charge in [-0.15, -0.1) is 24.8 Å². The van der Waals surface area contributed by atoms with Gasteiger partial charge in [0.05, 0.1) is 11.3 Å². The van der Waals surface area contributed by atoms with Gasteiger partial charge in [-0.3, -0.25) is 4.79 Å². The van der Waals surface area contributed by atoms with E-state index in [4.69, 9.17) is 0 Å². The second kappa shape index (κ2) is 9.87. The number of carbonyl (C=O) groups excluding carboxylic acids is 1. The van der Waals surface area contributed by atoms with Crippen LogP contribution in [-0.4, -0.2) is 34.9 Å². The maximum atomic E-state index is 13.1. The van der Waals surface area contributed by atoms with Crippen molar-refractivity contribution in [3.8, 4) is 11.3 Å². The molecule has 0 unspecified atom stereocenters. The van der Waals surface area contributed by atoms with E-state index in [2.05, 4.69) is 15.6 Å². The van der Waals surface area contributed by atoms with Gasteiger partial charge in [-0.1, -0.05) is 0 Å². The summed E-state index contributed by atoms with van der Waals surface area (Å²) in [6.45, 7) is 2.75. The molecule has 1 fully saturated rings. The van der Waals surface area contributed by atoms with Crippen molar-refractivity contribution in [1.82, 2.24) is 20.0 Å². The van der Waals surface area contributed by atoms with Crippen LogP contribution in [0.3, 0.4) is 0 Å². The molecule has 0 saturated carbocycles. The predicted octanol–water partition coefficient (Wildman–Crippen LogP) is 3.71. The van der Waals surface area contributed by atoms with Crippen molar-refractivity contribution in [1.29, 1.82) is 0 Å². The summed E-state index contributed by atoms with van der Waals surface area (Å²) >= 11 is 0. The summed E-state index contributed by atoms with van der Waals surface area (Å²) in [6, 6.07) is 9.84. The van der Waals surface area contributed by atoms with Gasteiger partial charge in [0.15, 0.2) is 0 Å². The normalized spacial score (nSPS) is 14.2.